The third kappa shape index (κ3) is 9.03. The highest BCUT2D eigenvalue weighted by molar-refractivity contribution is 5.96. The van der Waals surface area contributed by atoms with Gasteiger partial charge in [0.15, 0.2) is 11.6 Å². The van der Waals surface area contributed by atoms with Gasteiger partial charge in [-0.15, -0.1) is 0 Å². The minimum atomic E-state index is -0.986. The van der Waals surface area contributed by atoms with Crippen molar-refractivity contribution in [1.82, 2.24) is 4.98 Å². The molecule has 2 amide bonds. The van der Waals surface area contributed by atoms with Crippen molar-refractivity contribution in [2.45, 2.75) is 52.7 Å². The molecule has 0 aliphatic carbocycles. The molecule has 3 rings (SSSR count). The van der Waals surface area contributed by atoms with E-state index in [4.69, 9.17) is 20.3 Å². The van der Waals surface area contributed by atoms with Crippen molar-refractivity contribution in [3.05, 3.63) is 53.9 Å². The van der Waals surface area contributed by atoms with Crippen molar-refractivity contribution >= 4 is 17.5 Å². The van der Waals surface area contributed by atoms with E-state index < -0.39 is 23.6 Å². The minimum Gasteiger partial charge on any atom is -0.490 e. The molecule has 2 aromatic rings. The number of primary amides is 1. The van der Waals surface area contributed by atoms with E-state index in [0.29, 0.717) is 24.4 Å². The molecule has 1 unspecified atom stereocenters. The maximum atomic E-state index is 12.9. The van der Waals surface area contributed by atoms with Gasteiger partial charge in [-0.2, -0.15) is 4.39 Å². The standard InChI is InChI=1S/C13H17N3O3.C9H10F2O2.C2H6/c1-7-5-11(19-8(7)2)13(18)16-9-3-4-15-10(6-9)12(14)17;10-7-3-1-4-8(9(7)11)13-6-2-5-12;1-2/h3-4,6-8,11H,5H2,1-2H3,(H2,14,17)(H,15,16,18);1,3-4,12H,2,5-6H2;1-2H3/t7-,8?,11+;;/m0../s1. The number of anilines is 1. The zero-order chi connectivity index (χ0) is 25.7. The van der Waals surface area contributed by atoms with Crippen LogP contribution >= 0.6 is 0 Å². The number of rotatable bonds is 7. The molecule has 34 heavy (non-hydrogen) atoms. The summed E-state index contributed by atoms with van der Waals surface area (Å²) in [6.07, 6.45) is 2.15. The maximum Gasteiger partial charge on any atom is 0.267 e. The summed E-state index contributed by atoms with van der Waals surface area (Å²) >= 11 is 0. The Morgan fingerprint density at radius 1 is 1.26 bits per heavy atom. The fourth-order valence-corrected chi connectivity index (χ4v) is 2.85. The lowest BCUT2D eigenvalue weighted by Gasteiger charge is -2.11. The van der Waals surface area contributed by atoms with Crippen molar-refractivity contribution in [1.29, 1.82) is 0 Å². The van der Waals surface area contributed by atoms with E-state index in [1.54, 1.807) is 6.07 Å². The van der Waals surface area contributed by atoms with E-state index in [2.05, 4.69) is 17.2 Å². The van der Waals surface area contributed by atoms with Gasteiger partial charge in [-0.1, -0.05) is 26.8 Å². The van der Waals surface area contributed by atoms with Gasteiger partial charge in [-0.3, -0.25) is 14.6 Å². The third-order valence-corrected chi connectivity index (χ3v) is 4.81. The lowest BCUT2D eigenvalue weighted by atomic mass is 10.0. The molecule has 3 atom stereocenters. The first-order chi connectivity index (χ1) is 16.2. The van der Waals surface area contributed by atoms with Gasteiger partial charge >= 0.3 is 0 Å². The van der Waals surface area contributed by atoms with E-state index in [0.717, 1.165) is 6.07 Å². The number of nitrogens with two attached hydrogens (primary N) is 1. The number of aliphatic hydroxyl groups excluding tert-OH is 1. The zero-order valence-corrected chi connectivity index (χ0v) is 19.9. The SMILES string of the molecule is CC.CC1O[C@@H](C(=O)Nc2ccnc(C(N)=O)c2)C[C@@H]1C.OCCCOc1cccc(F)c1F. The average Bonchev–Trinajstić information content (AvgIpc) is 3.17. The predicted octanol–water partition coefficient (Wildman–Crippen LogP) is 3.68. The number of amides is 2. The molecule has 4 N–H and O–H groups in total. The molecule has 0 radical (unpaired) electrons. The lowest BCUT2D eigenvalue weighted by Crippen LogP contribution is -2.28. The molecule has 2 heterocycles. The van der Waals surface area contributed by atoms with Crippen molar-refractivity contribution in [3.63, 3.8) is 0 Å². The molecule has 10 heteroatoms. The van der Waals surface area contributed by atoms with Crippen LogP contribution in [0, 0.1) is 17.6 Å². The second-order valence-corrected chi connectivity index (χ2v) is 7.30. The van der Waals surface area contributed by atoms with Gasteiger partial charge < -0.3 is 25.6 Å². The number of halogens is 2. The van der Waals surface area contributed by atoms with Crippen LogP contribution in [-0.2, 0) is 9.53 Å². The molecule has 188 valence electrons. The number of pyridine rings is 1. The molecule has 1 saturated heterocycles. The largest absolute Gasteiger partial charge is 0.490 e. The average molecular weight is 482 g/mol. The van der Waals surface area contributed by atoms with E-state index in [9.17, 15) is 18.4 Å². The minimum absolute atomic E-state index is 0.0308. The fraction of sp³-hybridized carbons (Fsp3) is 0.458. The van der Waals surface area contributed by atoms with Gasteiger partial charge in [0.05, 0.1) is 12.7 Å². The molecular weight excluding hydrogens is 448 g/mol. The number of ether oxygens (including phenoxy) is 2. The van der Waals surface area contributed by atoms with Crippen LogP contribution in [0.15, 0.2) is 36.5 Å². The summed E-state index contributed by atoms with van der Waals surface area (Å²) in [5.74, 6) is -2.52. The second-order valence-electron chi connectivity index (χ2n) is 7.30. The summed E-state index contributed by atoms with van der Waals surface area (Å²) in [5.41, 5.74) is 5.74. The number of aromatic nitrogens is 1. The van der Waals surface area contributed by atoms with E-state index in [1.807, 2.05) is 20.8 Å². The number of hydrogen-bond acceptors (Lipinski definition) is 6. The third-order valence-electron chi connectivity index (χ3n) is 4.81. The van der Waals surface area contributed by atoms with Gasteiger partial charge in [-0.05, 0) is 43.5 Å². The molecule has 1 aliphatic rings. The number of carbonyl (C=O) groups is 2. The number of benzene rings is 1. The maximum absolute atomic E-state index is 12.9. The molecule has 1 aromatic heterocycles. The topological polar surface area (TPSA) is 124 Å². The Morgan fingerprint density at radius 3 is 2.56 bits per heavy atom. The summed E-state index contributed by atoms with van der Waals surface area (Å²) in [6, 6.07) is 6.78. The number of nitrogens with one attached hydrogen (secondary N) is 1. The Labute approximate surface area is 198 Å². The van der Waals surface area contributed by atoms with E-state index in [-0.39, 0.29) is 36.7 Å². The van der Waals surface area contributed by atoms with E-state index >= 15 is 0 Å². The summed E-state index contributed by atoms with van der Waals surface area (Å²) in [4.78, 5) is 26.8. The Hall–Kier alpha value is -3.11. The quantitative estimate of drug-likeness (QED) is 0.518. The molecule has 0 bridgehead atoms. The van der Waals surface area contributed by atoms with Crippen LogP contribution in [0.1, 0.15) is 51.0 Å². The second kappa shape index (κ2) is 14.9. The van der Waals surface area contributed by atoms with Gasteiger partial charge in [0, 0.05) is 24.9 Å². The van der Waals surface area contributed by atoms with Gasteiger partial charge in [-0.25, -0.2) is 4.39 Å². The molecule has 1 aromatic carbocycles. The first-order valence-electron chi connectivity index (χ1n) is 11.1. The van der Waals surface area contributed by atoms with Crippen LogP contribution in [0.2, 0.25) is 0 Å². The lowest BCUT2D eigenvalue weighted by molar-refractivity contribution is -0.126. The van der Waals surface area contributed by atoms with Gasteiger partial charge in [0.2, 0.25) is 5.82 Å². The van der Waals surface area contributed by atoms with Crippen LogP contribution in [0.3, 0.4) is 0 Å². The summed E-state index contributed by atoms with van der Waals surface area (Å²) in [7, 11) is 0. The Balaban J connectivity index is 0.000000337. The zero-order valence-electron chi connectivity index (χ0n) is 19.9. The van der Waals surface area contributed by atoms with Crippen LogP contribution in [0.25, 0.3) is 0 Å². The Kier molecular flexibility index (Phi) is 12.7. The van der Waals surface area contributed by atoms with Gasteiger partial charge in [0.25, 0.3) is 11.8 Å². The van der Waals surface area contributed by atoms with Gasteiger partial charge in [0.1, 0.15) is 11.8 Å². The smallest absolute Gasteiger partial charge is 0.267 e. The van der Waals surface area contributed by atoms with E-state index in [1.165, 1.54) is 24.4 Å². The van der Waals surface area contributed by atoms with Crippen molar-refractivity contribution < 1.29 is 33.0 Å². The number of nitrogens with zero attached hydrogens (tertiary/aromatic N) is 1. The van der Waals surface area contributed by atoms with Crippen LogP contribution in [-0.4, -0.2) is 47.3 Å². The fourth-order valence-electron chi connectivity index (χ4n) is 2.85. The van der Waals surface area contributed by atoms with Crippen LogP contribution in [0.4, 0.5) is 14.5 Å². The van der Waals surface area contributed by atoms with Crippen LogP contribution < -0.4 is 15.8 Å². The molecular formula is C24H33F2N3O5. The summed E-state index contributed by atoms with van der Waals surface area (Å²) in [5, 5.41) is 11.1. The molecule has 0 saturated carbocycles. The molecule has 1 aliphatic heterocycles. The highest BCUT2D eigenvalue weighted by Crippen LogP contribution is 2.26. The normalized spacial score (nSPS) is 18.6. The number of aliphatic hydroxyl groups is 1. The Bertz CT molecular complexity index is 919. The molecule has 8 nitrogen and oxygen atoms in total. The highest BCUT2D eigenvalue weighted by atomic mass is 19.2. The van der Waals surface area contributed by atoms with Crippen molar-refractivity contribution in [2.75, 3.05) is 18.5 Å². The number of hydrogen-bond donors (Lipinski definition) is 3. The highest BCUT2D eigenvalue weighted by Gasteiger charge is 2.33. The molecule has 1 fully saturated rings. The summed E-state index contributed by atoms with van der Waals surface area (Å²) in [6.45, 7) is 8.15. The Morgan fingerprint density at radius 2 is 1.97 bits per heavy atom. The summed E-state index contributed by atoms with van der Waals surface area (Å²) < 4.78 is 35.9. The number of carbonyl (C=O) groups excluding carboxylic acids is 2. The molecule has 0 spiro atoms. The first kappa shape index (κ1) is 28.9. The monoisotopic (exact) mass is 481 g/mol. The van der Waals surface area contributed by atoms with Crippen molar-refractivity contribution in [2.24, 2.45) is 11.7 Å². The first-order valence-corrected chi connectivity index (χ1v) is 11.1. The predicted molar refractivity (Wildman–Crippen MR) is 124 cm³/mol. The van der Waals surface area contributed by atoms with Crippen molar-refractivity contribution in [3.8, 4) is 5.75 Å². The van der Waals surface area contributed by atoms with Crippen LogP contribution in [0.5, 0.6) is 5.75 Å².